The van der Waals surface area contributed by atoms with Crippen molar-refractivity contribution in [1.29, 1.82) is 0 Å². The van der Waals surface area contributed by atoms with Gasteiger partial charge in [0, 0.05) is 24.2 Å². The number of hydrogen-bond donors (Lipinski definition) is 0. The van der Waals surface area contributed by atoms with Crippen molar-refractivity contribution >= 4 is 17.5 Å². The first-order valence-corrected chi connectivity index (χ1v) is 9.09. The van der Waals surface area contributed by atoms with E-state index in [0.717, 1.165) is 18.4 Å². The van der Waals surface area contributed by atoms with Crippen molar-refractivity contribution < 1.29 is 9.18 Å². The van der Waals surface area contributed by atoms with Crippen molar-refractivity contribution in [3.05, 3.63) is 64.9 Å². The molecule has 1 atom stereocenters. The van der Waals surface area contributed by atoms with E-state index in [0.29, 0.717) is 29.5 Å². The van der Waals surface area contributed by atoms with Crippen LogP contribution in [-0.2, 0) is 0 Å². The summed E-state index contributed by atoms with van der Waals surface area (Å²) in [7, 11) is 0. The molecule has 1 aliphatic rings. The zero-order chi connectivity index (χ0) is 18.8. The van der Waals surface area contributed by atoms with E-state index in [1.54, 1.807) is 15.8 Å². The lowest BCUT2D eigenvalue weighted by molar-refractivity contribution is 0.0663. The Balaban J connectivity index is 1.51. The van der Waals surface area contributed by atoms with E-state index in [1.807, 2.05) is 18.2 Å². The summed E-state index contributed by atoms with van der Waals surface area (Å²) in [5, 5.41) is 13.3. The summed E-state index contributed by atoms with van der Waals surface area (Å²) in [6, 6.07) is 12.9. The molecule has 0 spiro atoms. The van der Waals surface area contributed by atoms with Gasteiger partial charge in [-0.1, -0.05) is 23.7 Å². The summed E-state index contributed by atoms with van der Waals surface area (Å²) in [6.45, 7) is 1.13. The number of aromatic nitrogens is 4. The number of halogens is 2. The molecule has 3 aromatic rings. The maximum Gasteiger partial charge on any atom is 0.253 e. The quantitative estimate of drug-likeness (QED) is 0.691. The van der Waals surface area contributed by atoms with E-state index in [4.69, 9.17) is 11.6 Å². The van der Waals surface area contributed by atoms with E-state index < -0.39 is 0 Å². The van der Waals surface area contributed by atoms with Gasteiger partial charge in [0.05, 0.1) is 11.1 Å². The van der Waals surface area contributed by atoms with E-state index >= 15 is 0 Å². The van der Waals surface area contributed by atoms with Crippen LogP contribution in [0.3, 0.4) is 0 Å². The van der Waals surface area contributed by atoms with Gasteiger partial charge in [-0.3, -0.25) is 4.79 Å². The number of carbonyl (C=O) groups is 1. The number of nitrogens with zero attached hydrogens (tertiary/aromatic N) is 5. The normalized spacial score (nSPS) is 17.1. The van der Waals surface area contributed by atoms with Crippen molar-refractivity contribution in [2.24, 2.45) is 0 Å². The van der Waals surface area contributed by atoms with Crippen molar-refractivity contribution in [1.82, 2.24) is 25.1 Å². The molecule has 138 valence electrons. The SMILES string of the molecule is O=C(c1ccc(F)cc1)N1CCCC(n2nnc(-c3ccccc3Cl)n2)C1. The molecule has 0 bridgehead atoms. The van der Waals surface area contributed by atoms with Crippen molar-refractivity contribution in [2.75, 3.05) is 13.1 Å². The monoisotopic (exact) mass is 385 g/mol. The van der Waals surface area contributed by atoms with Crippen LogP contribution in [0.4, 0.5) is 4.39 Å². The fourth-order valence-electron chi connectivity index (χ4n) is 3.23. The van der Waals surface area contributed by atoms with Gasteiger partial charge in [0.2, 0.25) is 5.82 Å². The number of carbonyl (C=O) groups excluding carboxylic acids is 1. The van der Waals surface area contributed by atoms with E-state index in [-0.39, 0.29) is 17.8 Å². The molecule has 2 heterocycles. The smallest absolute Gasteiger partial charge is 0.253 e. The third-order valence-corrected chi connectivity index (χ3v) is 4.97. The molecule has 6 nitrogen and oxygen atoms in total. The Labute approximate surface area is 160 Å². The number of tetrazole rings is 1. The van der Waals surface area contributed by atoms with Gasteiger partial charge in [-0.25, -0.2) is 4.39 Å². The molecule has 0 saturated carbocycles. The molecule has 2 aromatic carbocycles. The Morgan fingerprint density at radius 1 is 1.15 bits per heavy atom. The summed E-state index contributed by atoms with van der Waals surface area (Å²) in [5.74, 6) is -0.0179. The van der Waals surface area contributed by atoms with Crippen molar-refractivity contribution in [3.63, 3.8) is 0 Å². The first-order chi connectivity index (χ1) is 13.1. The molecule has 27 heavy (non-hydrogen) atoms. The number of piperidine rings is 1. The van der Waals surface area contributed by atoms with Crippen LogP contribution in [0.2, 0.25) is 5.02 Å². The maximum atomic E-state index is 13.1. The van der Waals surface area contributed by atoms with Crippen molar-refractivity contribution in [3.8, 4) is 11.4 Å². The van der Waals surface area contributed by atoms with E-state index in [2.05, 4.69) is 15.4 Å². The maximum absolute atomic E-state index is 13.1. The van der Waals surface area contributed by atoms with Crippen LogP contribution in [0.15, 0.2) is 48.5 Å². The Kier molecular flexibility index (Phi) is 4.85. The topological polar surface area (TPSA) is 63.9 Å². The van der Waals surface area contributed by atoms with Gasteiger partial charge < -0.3 is 4.90 Å². The van der Waals surface area contributed by atoms with Gasteiger partial charge in [0.15, 0.2) is 0 Å². The molecular weight excluding hydrogens is 369 g/mol. The van der Waals surface area contributed by atoms with Crippen molar-refractivity contribution in [2.45, 2.75) is 18.9 Å². The van der Waals surface area contributed by atoms with Gasteiger partial charge in [0.1, 0.15) is 5.82 Å². The third kappa shape index (κ3) is 3.68. The molecule has 1 saturated heterocycles. The van der Waals surface area contributed by atoms with Crippen LogP contribution in [0, 0.1) is 5.82 Å². The fraction of sp³-hybridized carbons (Fsp3) is 0.263. The molecular formula is C19H17ClFN5O. The Morgan fingerprint density at radius 2 is 1.93 bits per heavy atom. The predicted octanol–water partition coefficient (Wildman–Crippen LogP) is 3.61. The van der Waals surface area contributed by atoms with E-state index in [1.165, 1.54) is 24.3 Å². The lowest BCUT2D eigenvalue weighted by Crippen LogP contribution is -2.41. The highest BCUT2D eigenvalue weighted by atomic mass is 35.5. The molecule has 0 aliphatic carbocycles. The second-order valence-corrected chi connectivity index (χ2v) is 6.87. The van der Waals surface area contributed by atoms with Crippen LogP contribution < -0.4 is 0 Å². The van der Waals surface area contributed by atoms with Crippen LogP contribution in [-0.4, -0.2) is 44.1 Å². The second kappa shape index (κ2) is 7.44. The molecule has 1 aliphatic heterocycles. The minimum atomic E-state index is -0.359. The minimum absolute atomic E-state index is 0.0631. The van der Waals surface area contributed by atoms with Crippen LogP contribution in [0.1, 0.15) is 29.2 Å². The van der Waals surface area contributed by atoms with Crippen LogP contribution in [0.5, 0.6) is 0 Å². The number of amides is 1. The number of likely N-dealkylation sites (tertiary alicyclic amines) is 1. The highest BCUT2D eigenvalue weighted by Gasteiger charge is 2.27. The summed E-state index contributed by atoms with van der Waals surface area (Å²) in [4.78, 5) is 16.0. The van der Waals surface area contributed by atoms with Gasteiger partial charge >= 0.3 is 0 Å². The average Bonchev–Trinajstić information content (AvgIpc) is 3.18. The third-order valence-electron chi connectivity index (χ3n) is 4.64. The van der Waals surface area contributed by atoms with Crippen LogP contribution in [0.25, 0.3) is 11.4 Å². The zero-order valence-electron chi connectivity index (χ0n) is 14.4. The zero-order valence-corrected chi connectivity index (χ0v) is 15.2. The first-order valence-electron chi connectivity index (χ1n) is 8.71. The van der Waals surface area contributed by atoms with Gasteiger partial charge in [-0.15, -0.1) is 10.2 Å². The van der Waals surface area contributed by atoms with Crippen LogP contribution >= 0.6 is 11.6 Å². The van der Waals surface area contributed by atoms with Gasteiger partial charge in [0.25, 0.3) is 5.91 Å². The summed E-state index contributed by atoms with van der Waals surface area (Å²) in [5.41, 5.74) is 1.20. The Bertz CT molecular complexity index is 959. The first kappa shape index (κ1) is 17.6. The number of rotatable bonds is 3. The minimum Gasteiger partial charge on any atom is -0.336 e. The highest BCUT2D eigenvalue weighted by molar-refractivity contribution is 6.33. The molecule has 1 unspecified atom stereocenters. The second-order valence-electron chi connectivity index (χ2n) is 6.47. The molecule has 8 heteroatoms. The van der Waals surface area contributed by atoms with E-state index in [9.17, 15) is 9.18 Å². The molecule has 0 radical (unpaired) electrons. The molecule has 1 fully saturated rings. The largest absolute Gasteiger partial charge is 0.336 e. The lowest BCUT2D eigenvalue weighted by Gasteiger charge is -2.31. The fourth-order valence-corrected chi connectivity index (χ4v) is 3.45. The summed E-state index contributed by atoms with van der Waals surface area (Å²) >= 11 is 6.20. The molecule has 0 N–H and O–H groups in total. The number of hydrogen-bond acceptors (Lipinski definition) is 4. The standard InChI is InChI=1S/C19H17ClFN5O/c20-17-6-2-1-5-16(17)18-22-24-26(23-18)15-4-3-11-25(12-15)19(27)13-7-9-14(21)10-8-13/h1-2,5-10,15H,3-4,11-12H2. The van der Waals surface area contributed by atoms with Gasteiger partial charge in [-0.2, -0.15) is 4.80 Å². The highest BCUT2D eigenvalue weighted by Crippen LogP contribution is 2.26. The average molecular weight is 386 g/mol. The molecule has 4 rings (SSSR count). The summed E-state index contributed by atoms with van der Waals surface area (Å²) in [6.07, 6.45) is 1.69. The Hall–Kier alpha value is -2.80. The summed E-state index contributed by atoms with van der Waals surface area (Å²) < 4.78 is 13.1. The number of benzene rings is 2. The molecule has 1 aromatic heterocycles. The lowest BCUT2D eigenvalue weighted by atomic mass is 10.0. The Morgan fingerprint density at radius 3 is 2.70 bits per heavy atom. The van der Waals surface area contributed by atoms with Gasteiger partial charge in [-0.05, 0) is 54.5 Å². The predicted molar refractivity (Wildman–Crippen MR) is 98.8 cm³/mol. The molecule has 1 amide bonds.